The lowest BCUT2D eigenvalue weighted by molar-refractivity contribution is 0.339. The number of hydrogen-bond acceptors (Lipinski definition) is 3. The zero-order valence-electron chi connectivity index (χ0n) is 46.8. The number of thiophene rings is 1. The molecule has 2 aliphatic heterocycles. The third-order valence-corrected chi connectivity index (χ3v) is 19.5. The summed E-state index contributed by atoms with van der Waals surface area (Å²) in [4.78, 5) is 7.33. The Labute approximate surface area is 417 Å². The van der Waals surface area contributed by atoms with E-state index in [1.165, 1.54) is 151 Å². The van der Waals surface area contributed by atoms with Crippen LogP contribution in [0, 0.1) is 6.92 Å². The zero-order chi connectivity index (χ0) is 49.5. The second-order valence-electron chi connectivity index (χ2n) is 26.1. The van der Waals surface area contributed by atoms with Gasteiger partial charge in [-0.25, -0.2) is 0 Å². The van der Waals surface area contributed by atoms with Crippen LogP contribution in [-0.4, -0.2) is 109 Å². The minimum absolute atomic E-state index is 0.00876. The molecule has 8 rings (SSSR count). The van der Waals surface area contributed by atoms with Crippen LogP contribution in [0.4, 0.5) is 34.1 Å². The molecule has 0 radical (unpaired) electrons. The molecular weight excluding hydrogens is 800 g/mol. The van der Waals surface area contributed by atoms with Crippen molar-refractivity contribution in [3.8, 4) is 0 Å². The number of anilines is 6. The number of benzene rings is 4. The highest BCUT2D eigenvalue weighted by Gasteiger charge is 2.53. The topological polar surface area (TPSA) is 6.48 Å². The summed E-state index contributed by atoms with van der Waals surface area (Å²) < 4.78 is 1.55. The molecule has 0 amide bonds. The Hall–Kier alpha value is -2.91. The highest BCUT2D eigenvalue weighted by atomic mass is 32.1. The maximum atomic E-state index is 2.89. The second-order valence-corrected chi connectivity index (χ2v) is 27.1. The van der Waals surface area contributed by atoms with Gasteiger partial charge in [-0.15, -0.1) is 0 Å². The molecule has 0 atom stereocenters. The van der Waals surface area contributed by atoms with Crippen molar-refractivity contribution in [3.63, 3.8) is 0 Å². The highest BCUT2D eigenvalue weighted by Crippen LogP contribution is 2.55. The predicted molar refractivity (Wildman–Crippen MR) is 341 cm³/mol. The van der Waals surface area contributed by atoms with Crippen molar-refractivity contribution < 1.29 is 0 Å². The van der Waals surface area contributed by atoms with E-state index >= 15 is 0 Å². The fraction of sp³-hybridized carbons (Fsp3) is 0.429. The summed E-state index contributed by atoms with van der Waals surface area (Å²) in [6.45, 7) is 34.4. The van der Waals surface area contributed by atoms with E-state index in [2.05, 4.69) is 220 Å². The smallest absolute Gasteiger partial charge is 0.263 e. The molecule has 326 valence electrons. The molecule has 1 aliphatic carbocycles. The summed E-state index contributed by atoms with van der Waals surface area (Å²) in [6, 6.07) is 0. The summed E-state index contributed by atoms with van der Waals surface area (Å²) >= 11 is 2.18. The van der Waals surface area contributed by atoms with E-state index in [4.69, 9.17) is 0 Å². The lowest BCUT2D eigenvalue weighted by Gasteiger charge is -2.50. The monoisotopic (exact) mass is 875 g/mol. The van der Waals surface area contributed by atoms with Crippen molar-refractivity contribution in [2.75, 3.05) is 9.80 Å². The standard InChI is InChI=1S/C49H72B14N2S/c1-17-22(50)40-36-41(23(17)51)65(39-32(60)26(54)19(46(5,6)7)27(55)33(39)61)42-34(62)28(56)20(47(8,9)10)29(57)35(42)63(36)44-37(21-43(66-44)49(13,14)16-15-48(21,11)12)64(40)38-30(58)24(52)18(45(2,3)4)25(53)31(38)59/h15-16,50-62H2,1-14H3. The molecule has 3 heterocycles. The van der Waals surface area contributed by atoms with Crippen LogP contribution in [-0.2, 0) is 27.1 Å². The largest absolute Gasteiger partial charge is 0.314 e. The van der Waals surface area contributed by atoms with E-state index < -0.39 is 0 Å². The molecule has 0 saturated heterocycles. The molecule has 0 unspecified atom stereocenters. The quantitative estimate of drug-likeness (QED) is 0.160. The van der Waals surface area contributed by atoms with Gasteiger partial charge in [-0.05, 0) is 57.9 Å². The van der Waals surface area contributed by atoms with Crippen LogP contribution in [0.3, 0.4) is 0 Å². The molecule has 66 heavy (non-hydrogen) atoms. The first-order valence-corrected chi connectivity index (χ1v) is 26.1. The summed E-state index contributed by atoms with van der Waals surface area (Å²) in [7, 11) is 31.7. The van der Waals surface area contributed by atoms with Gasteiger partial charge < -0.3 is 9.80 Å². The van der Waals surface area contributed by atoms with Gasteiger partial charge in [0.05, 0.1) is 5.69 Å². The predicted octanol–water partition coefficient (Wildman–Crippen LogP) is -10.3. The fourth-order valence-electron chi connectivity index (χ4n) is 14.3. The molecule has 0 fully saturated rings. The Balaban J connectivity index is 1.70. The van der Waals surface area contributed by atoms with E-state index in [1.807, 2.05) is 0 Å². The van der Waals surface area contributed by atoms with Crippen molar-refractivity contribution in [2.24, 2.45) is 0 Å². The number of fused-ring (bicyclic) bond motifs is 6. The van der Waals surface area contributed by atoms with E-state index in [0.717, 1.165) is 0 Å². The minimum atomic E-state index is -0.0331. The molecule has 0 saturated carbocycles. The van der Waals surface area contributed by atoms with Crippen LogP contribution in [0.2, 0.25) is 0 Å². The zero-order valence-corrected chi connectivity index (χ0v) is 47.6. The van der Waals surface area contributed by atoms with Crippen molar-refractivity contribution in [2.45, 2.75) is 137 Å². The molecule has 5 aromatic rings. The van der Waals surface area contributed by atoms with Crippen LogP contribution in [0.25, 0.3) is 0 Å². The average molecular weight is 873 g/mol. The third-order valence-electron chi connectivity index (χ3n) is 17.9. The fourth-order valence-corrected chi connectivity index (χ4v) is 16.1. The molecule has 17 heteroatoms. The summed E-state index contributed by atoms with van der Waals surface area (Å²) in [5, 5.41) is 0. The number of nitrogens with zero attached hydrogens (tertiary/aromatic N) is 2. The SMILES string of the molecule is Bc1c(B)c(C(C)(C)C)c(B)c(B)c1N1c2c(B)c(B)c(C(C)(C)C)c(B)c2B2c3sc4c(c3N(c3c(B)c(B)c(C(C)(C)C)c(B)c3B)c3c(B)c(C)c(B)c1c32)C(C)(C)CCC4(C)C. The first-order chi connectivity index (χ1) is 30.0. The molecule has 0 N–H and O–H groups in total. The van der Waals surface area contributed by atoms with Gasteiger partial charge in [0.15, 0.2) is 0 Å². The Kier molecular flexibility index (Phi) is 11.5. The van der Waals surface area contributed by atoms with Crippen LogP contribution >= 0.6 is 11.3 Å². The summed E-state index contributed by atoms with van der Waals surface area (Å²) in [5.74, 6) is 0. The van der Waals surface area contributed by atoms with Crippen LogP contribution in [0.1, 0.15) is 136 Å². The van der Waals surface area contributed by atoms with Gasteiger partial charge in [0.25, 0.3) is 6.71 Å². The van der Waals surface area contributed by atoms with Crippen molar-refractivity contribution in [3.05, 3.63) is 32.7 Å². The minimum Gasteiger partial charge on any atom is -0.314 e. The Morgan fingerprint density at radius 3 is 1.11 bits per heavy atom. The average Bonchev–Trinajstić information content (AvgIpc) is 3.61. The molecule has 1 aromatic heterocycles. The molecule has 0 bridgehead atoms. The second kappa shape index (κ2) is 15.3. The Morgan fingerprint density at radius 2 is 0.727 bits per heavy atom. The van der Waals surface area contributed by atoms with Crippen LogP contribution in [0.15, 0.2) is 0 Å². The van der Waals surface area contributed by atoms with Crippen LogP contribution in [0.5, 0.6) is 0 Å². The summed E-state index contributed by atoms with van der Waals surface area (Å²) in [5.41, 5.74) is 37.5. The maximum Gasteiger partial charge on any atom is 0.263 e. The number of rotatable bonds is 2. The van der Waals surface area contributed by atoms with Crippen molar-refractivity contribution >= 4 is 241 Å². The van der Waals surface area contributed by atoms with Gasteiger partial charge >= 0.3 is 0 Å². The van der Waals surface area contributed by atoms with E-state index in [-0.39, 0.29) is 33.8 Å². The lowest BCUT2D eigenvalue weighted by Crippen LogP contribution is -2.70. The van der Waals surface area contributed by atoms with Crippen LogP contribution < -0.4 is 96.5 Å². The van der Waals surface area contributed by atoms with Gasteiger partial charge in [0, 0.05) is 38.1 Å². The molecule has 0 spiro atoms. The van der Waals surface area contributed by atoms with Gasteiger partial charge in [-0.1, -0.05) is 189 Å². The maximum absolute atomic E-state index is 2.89. The first kappa shape index (κ1) is 49.5. The molecular formula is C49H72B14N2S. The van der Waals surface area contributed by atoms with E-state index in [1.54, 1.807) is 15.2 Å². The first-order valence-electron chi connectivity index (χ1n) is 25.3. The van der Waals surface area contributed by atoms with E-state index in [0.29, 0.717) is 0 Å². The Morgan fingerprint density at radius 1 is 0.409 bits per heavy atom. The Bertz CT molecular complexity index is 2940. The summed E-state index contributed by atoms with van der Waals surface area (Å²) in [6.07, 6.45) is 2.37. The number of hydrogen-bond donors (Lipinski definition) is 0. The van der Waals surface area contributed by atoms with E-state index in [9.17, 15) is 0 Å². The van der Waals surface area contributed by atoms with Gasteiger partial charge in [0.2, 0.25) is 0 Å². The van der Waals surface area contributed by atoms with Gasteiger partial charge in [0.1, 0.15) is 102 Å². The highest BCUT2D eigenvalue weighted by molar-refractivity contribution is 7.30. The normalized spacial score (nSPS) is 16.2. The van der Waals surface area contributed by atoms with Gasteiger partial charge in [-0.2, -0.15) is 11.3 Å². The lowest BCUT2D eigenvalue weighted by atomic mass is 9.32. The molecule has 4 aromatic carbocycles. The van der Waals surface area contributed by atoms with Crippen molar-refractivity contribution in [1.82, 2.24) is 0 Å². The van der Waals surface area contributed by atoms with Crippen molar-refractivity contribution in [1.29, 1.82) is 0 Å². The van der Waals surface area contributed by atoms with Gasteiger partial charge in [-0.3, -0.25) is 0 Å². The molecule has 2 nitrogen and oxygen atoms in total. The third kappa shape index (κ3) is 6.65. The molecule has 3 aliphatic rings.